The zero-order chi connectivity index (χ0) is 16.0. The van der Waals surface area contributed by atoms with Gasteiger partial charge in [0.1, 0.15) is 0 Å². The second-order valence-corrected chi connectivity index (χ2v) is 6.41. The SMILES string of the molecule is CCN1CCCC(C)(C(=O)NCCNc2ccncc2C)C1. The van der Waals surface area contributed by atoms with Gasteiger partial charge in [-0.25, -0.2) is 0 Å². The molecule has 1 unspecified atom stereocenters. The zero-order valence-electron chi connectivity index (χ0n) is 14.0. The molecule has 1 aromatic rings. The number of aryl methyl sites for hydroxylation is 1. The van der Waals surface area contributed by atoms with Crippen LogP contribution in [0.5, 0.6) is 0 Å². The average molecular weight is 304 g/mol. The predicted octanol–water partition coefficient (Wildman–Crippen LogP) is 2.04. The molecule has 0 radical (unpaired) electrons. The minimum absolute atomic E-state index is 0.180. The lowest BCUT2D eigenvalue weighted by Gasteiger charge is -2.38. The van der Waals surface area contributed by atoms with Crippen LogP contribution in [-0.4, -0.2) is 48.5 Å². The van der Waals surface area contributed by atoms with Gasteiger partial charge in [0.15, 0.2) is 0 Å². The fraction of sp³-hybridized carbons (Fsp3) is 0.647. The fourth-order valence-electron chi connectivity index (χ4n) is 3.06. The third kappa shape index (κ3) is 4.19. The van der Waals surface area contributed by atoms with Crippen LogP contribution in [0.25, 0.3) is 0 Å². The summed E-state index contributed by atoms with van der Waals surface area (Å²) in [7, 11) is 0. The zero-order valence-corrected chi connectivity index (χ0v) is 14.0. The smallest absolute Gasteiger partial charge is 0.227 e. The first-order valence-electron chi connectivity index (χ1n) is 8.20. The summed E-state index contributed by atoms with van der Waals surface area (Å²) in [5, 5.41) is 6.42. The molecule has 1 aliphatic rings. The van der Waals surface area contributed by atoms with E-state index in [0.717, 1.165) is 50.3 Å². The van der Waals surface area contributed by atoms with Crippen LogP contribution in [0.4, 0.5) is 5.69 Å². The Morgan fingerprint density at radius 3 is 3.00 bits per heavy atom. The summed E-state index contributed by atoms with van der Waals surface area (Å²) in [4.78, 5) is 18.9. The van der Waals surface area contributed by atoms with Gasteiger partial charge in [-0.1, -0.05) is 6.92 Å². The number of carbonyl (C=O) groups excluding carboxylic acids is 1. The first-order valence-corrected chi connectivity index (χ1v) is 8.20. The number of amides is 1. The molecule has 1 aliphatic heterocycles. The maximum absolute atomic E-state index is 12.5. The molecule has 1 aromatic heterocycles. The van der Waals surface area contributed by atoms with Crippen LogP contribution >= 0.6 is 0 Å². The highest BCUT2D eigenvalue weighted by atomic mass is 16.2. The number of aromatic nitrogens is 1. The molecule has 2 heterocycles. The van der Waals surface area contributed by atoms with Gasteiger partial charge in [-0.05, 0) is 51.4 Å². The summed E-state index contributed by atoms with van der Waals surface area (Å²) < 4.78 is 0. The molecule has 5 nitrogen and oxygen atoms in total. The summed E-state index contributed by atoms with van der Waals surface area (Å²) in [6, 6.07) is 1.96. The topological polar surface area (TPSA) is 57.3 Å². The number of anilines is 1. The molecule has 1 saturated heterocycles. The summed E-state index contributed by atoms with van der Waals surface area (Å²) in [6.45, 7) is 10.6. The molecule has 0 spiro atoms. The number of piperidine rings is 1. The van der Waals surface area contributed by atoms with E-state index in [0.29, 0.717) is 6.54 Å². The Morgan fingerprint density at radius 1 is 1.45 bits per heavy atom. The molecule has 0 aromatic carbocycles. The van der Waals surface area contributed by atoms with E-state index in [2.05, 4.69) is 34.4 Å². The number of nitrogens with one attached hydrogen (secondary N) is 2. The van der Waals surface area contributed by atoms with E-state index in [1.54, 1.807) is 6.20 Å². The highest BCUT2D eigenvalue weighted by Crippen LogP contribution is 2.29. The van der Waals surface area contributed by atoms with E-state index in [1.807, 2.05) is 19.2 Å². The number of nitrogens with zero attached hydrogens (tertiary/aromatic N) is 2. The van der Waals surface area contributed by atoms with Crippen LogP contribution < -0.4 is 10.6 Å². The van der Waals surface area contributed by atoms with Crippen molar-refractivity contribution in [3.05, 3.63) is 24.0 Å². The lowest BCUT2D eigenvalue weighted by atomic mass is 9.81. The van der Waals surface area contributed by atoms with Gasteiger partial charge in [-0.15, -0.1) is 0 Å². The van der Waals surface area contributed by atoms with Crippen molar-refractivity contribution in [1.82, 2.24) is 15.2 Å². The van der Waals surface area contributed by atoms with Crippen LogP contribution in [0, 0.1) is 12.3 Å². The first kappa shape index (κ1) is 16.7. The van der Waals surface area contributed by atoms with Gasteiger partial charge in [-0.3, -0.25) is 9.78 Å². The van der Waals surface area contributed by atoms with E-state index >= 15 is 0 Å². The van der Waals surface area contributed by atoms with Gasteiger partial charge in [-0.2, -0.15) is 0 Å². The second kappa shape index (κ2) is 7.58. The van der Waals surface area contributed by atoms with E-state index in [1.165, 1.54) is 0 Å². The van der Waals surface area contributed by atoms with Crippen LogP contribution in [0.15, 0.2) is 18.5 Å². The van der Waals surface area contributed by atoms with Gasteiger partial charge >= 0.3 is 0 Å². The Hall–Kier alpha value is -1.62. The molecule has 1 fully saturated rings. The highest BCUT2D eigenvalue weighted by molar-refractivity contribution is 5.82. The molecule has 2 rings (SSSR count). The standard InChI is InChI=1S/C17H28N4O/c1-4-21-11-5-7-17(3,13-21)16(22)20-10-9-19-15-6-8-18-12-14(15)2/h6,8,12H,4-5,7,9-11,13H2,1-3H3,(H,18,19)(H,20,22). The van der Waals surface area contributed by atoms with E-state index in [9.17, 15) is 4.79 Å². The maximum Gasteiger partial charge on any atom is 0.227 e. The van der Waals surface area contributed by atoms with Crippen molar-refractivity contribution in [1.29, 1.82) is 0 Å². The molecular formula is C17H28N4O. The quantitative estimate of drug-likeness (QED) is 0.790. The van der Waals surface area contributed by atoms with Crippen molar-refractivity contribution in [3.8, 4) is 0 Å². The second-order valence-electron chi connectivity index (χ2n) is 6.41. The molecule has 5 heteroatoms. The predicted molar refractivity (Wildman–Crippen MR) is 89.9 cm³/mol. The lowest BCUT2D eigenvalue weighted by molar-refractivity contribution is -0.133. The highest BCUT2D eigenvalue weighted by Gasteiger charge is 2.36. The summed E-state index contributed by atoms with van der Waals surface area (Å²) in [6.07, 6.45) is 5.69. The molecule has 1 atom stereocenters. The molecule has 1 amide bonds. The minimum atomic E-state index is -0.249. The lowest BCUT2D eigenvalue weighted by Crippen LogP contribution is -2.50. The van der Waals surface area contributed by atoms with Gasteiger partial charge in [0.05, 0.1) is 5.41 Å². The maximum atomic E-state index is 12.5. The number of rotatable bonds is 6. The minimum Gasteiger partial charge on any atom is -0.383 e. The average Bonchev–Trinajstić information content (AvgIpc) is 2.52. The van der Waals surface area contributed by atoms with Gasteiger partial charge < -0.3 is 15.5 Å². The molecule has 122 valence electrons. The Kier molecular flexibility index (Phi) is 5.77. The largest absolute Gasteiger partial charge is 0.383 e. The third-order valence-electron chi connectivity index (χ3n) is 4.52. The van der Waals surface area contributed by atoms with Crippen molar-refractivity contribution >= 4 is 11.6 Å². The molecule has 0 saturated carbocycles. The molecular weight excluding hydrogens is 276 g/mol. The Morgan fingerprint density at radius 2 is 2.27 bits per heavy atom. The Bertz CT molecular complexity index is 505. The summed E-state index contributed by atoms with van der Waals surface area (Å²) >= 11 is 0. The first-order chi connectivity index (χ1) is 10.5. The van der Waals surface area contributed by atoms with Crippen molar-refractivity contribution in [2.75, 3.05) is 38.0 Å². The molecule has 0 aliphatic carbocycles. The van der Waals surface area contributed by atoms with E-state index in [-0.39, 0.29) is 11.3 Å². The number of carbonyl (C=O) groups is 1. The van der Waals surface area contributed by atoms with Crippen LogP contribution in [0.3, 0.4) is 0 Å². The Labute approximate surface area is 133 Å². The fourth-order valence-corrected chi connectivity index (χ4v) is 3.06. The normalized spacial score (nSPS) is 22.3. The van der Waals surface area contributed by atoms with E-state index in [4.69, 9.17) is 0 Å². The number of likely N-dealkylation sites (tertiary alicyclic amines) is 1. The monoisotopic (exact) mass is 304 g/mol. The van der Waals surface area contributed by atoms with Crippen molar-refractivity contribution in [2.45, 2.75) is 33.6 Å². The van der Waals surface area contributed by atoms with Crippen molar-refractivity contribution < 1.29 is 4.79 Å². The summed E-state index contributed by atoms with van der Waals surface area (Å²) in [5.41, 5.74) is 1.94. The van der Waals surface area contributed by atoms with E-state index < -0.39 is 0 Å². The number of hydrogen-bond acceptors (Lipinski definition) is 4. The van der Waals surface area contributed by atoms with Crippen LogP contribution in [0.1, 0.15) is 32.3 Å². The van der Waals surface area contributed by atoms with Crippen LogP contribution in [0.2, 0.25) is 0 Å². The molecule has 2 N–H and O–H groups in total. The molecule has 0 bridgehead atoms. The Balaban J connectivity index is 1.76. The molecule has 22 heavy (non-hydrogen) atoms. The third-order valence-corrected chi connectivity index (χ3v) is 4.52. The van der Waals surface area contributed by atoms with Gasteiger partial charge in [0.25, 0.3) is 0 Å². The number of pyridine rings is 1. The van der Waals surface area contributed by atoms with Crippen molar-refractivity contribution in [2.24, 2.45) is 5.41 Å². The summed E-state index contributed by atoms with van der Waals surface area (Å²) in [5.74, 6) is 0.180. The van der Waals surface area contributed by atoms with Gasteiger partial charge in [0, 0.05) is 37.7 Å². The number of hydrogen-bond donors (Lipinski definition) is 2. The van der Waals surface area contributed by atoms with Crippen molar-refractivity contribution in [3.63, 3.8) is 0 Å². The van der Waals surface area contributed by atoms with Gasteiger partial charge in [0.2, 0.25) is 5.91 Å². The van der Waals surface area contributed by atoms with Crippen LogP contribution in [-0.2, 0) is 4.79 Å².